The molecule has 0 aromatic heterocycles. The maximum absolute atomic E-state index is 10.1. The minimum absolute atomic E-state index is 0.388. The van der Waals surface area contributed by atoms with Gasteiger partial charge in [-0.1, -0.05) is 6.92 Å². The molecule has 15 heavy (non-hydrogen) atoms. The molecule has 0 rings (SSSR count). The second kappa shape index (κ2) is 8.49. The van der Waals surface area contributed by atoms with E-state index in [9.17, 15) is 4.79 Å². The summed E-state index contributed by atoms with van der Waals surface area (Å²) < 4.78 is 5.31. The van der Waals surface area contributed by atoms with Crippen LogP contribution in [0.3, 0.4) is 0 Å². The first-order valence-corrected chi connectivity index (χ1v) is 5.06. The zero-order chi connectivity index (χ0) is 12.5. The fraction of sp³-hybridized carbons (Fsp3) is 0.900. The van der Waals surface area contributed by atoms with Crippen molar-refractivity contribution in [3.8, 4) is 0 Å². The highest BCUT2D eigenvalue weighted by atomic mass is 16.5. The molecule has 0 aliphatic rings. The predicted molar refractivity (Wildman–Crippen MR) is 62.7 cm³/mol. The number of hydrogen-bond acceptors (Lipinski definition) is 3. The molecule has 0 saturated carbocycles. The van der Waals surface area contributed by atoms with Crippen molar-refractivity contribution in [1.29, 1.82) is 0 Å². The van der Waals surface area contributed by atoms with E-state index >= 15 is 0 Å². The smallest absolute Gasteiger partial charge is 0.404 e. The van der Waals surface area contributed by atoms with Gasteiger partial charge in [0.15, 0.2) is 0 Å². The molecule has 0 atom stereocenters. The number of ether oxygens (including phenoxy) is 1. The predicted octanol–water partition coefficient (Wildman–Crippen LogP) is 0.356. The summed E-state index contributed by atoms with van der Waals surface area (Å²) in [5.41, 5.74) is 4.75. The zero-order valence-electron chi connectivity index (χ0n) is 10.9. The number of carbonyl (C=O) groups is 1. The molecular formula is C10H26N3O2+. The van der Waals surface area contributed by atoms with Crippen LogP contribution >= 0.6 is 0 Å². The van der Waals surface area contributed by atoms with E-state index in [2.05, 4.69) is 30.7 Å². The average Bonchev–Trinajstić information content (AvgIpc) is 2.02. The lowest BCUT2D eigenvalue weighted by atomic mass is 10.5. The second-order valence-electron chi connectivity index (χ2n) is 4.58. The van der Waals surface area contributed by atoms with Crippen molar-refractivity contribution < 1.29 is 14.0 Å². The molecular weight excluding hydrogens is 194 g/mol. The maximum atomic E-state index is 10.1. The number of amides is 1. The van der Waals surface area contributed by atoms with E-state index in [4.69, 9.17) is 5.73 Å². The molecule has 0 spiro atoms. The van der Waals surface area contributed by atoms with Gasteiger partial charge in [-0.2, -0.15) is 0 Å². The Hall–Kier alpha value is -0.810. The lowest BCUT2D eigenvalue weighted by molar-refractivity contribution is -0.870. The van der Waals surface area contributed by atoms with Gasteiger partial charge in [0.1, 0.15) is 13.2 Å². The third-order valence-electron chi connectivity index (χ3n) is 1.64. The second-order valence-corrected chi connectivity index (χ2v) is 4.58. The van der Waals surface area contributed by atoms with Crippen molar-refractivity contribution in [3.63, 3.8) is 0 Å². The molecule has 0 aromatic rings. The van der Waals surface area contributed by atoms with Gasteiger partial charge < -0.3 is 19.9 Å². The molecule has 0 heterocycles. The Kier molecular flexibility index (Phi) is 9.41. The van der Waals surface area contributed by atoms with E-state index in [0.29, 0.717) is 6.61 Å². The van der Waals surface area contributed by atoms with Crippen LogP contribution in [0.2, 0.25) is 0 Å². The Labute approximate surface area is 93.4 Å². The molecule has 92 valence electrons. The third-order valence-corrected chi connectivity index (χ3v) is 1.64. The summed E-state index contributed by atoms with van der Waals surface area (Å²) in [5.74, 6) is 0. The largest absolute Gasteiger partial charge is 0.444 e. The van der Waals surface area contributed by atoms with Crippen molar-refractivity contribution in [2.24, 2.45) is 5.73 Å². The number of carbonyl (C=O) groups excluding carboxylic acids is 1. The first-order valence-electron chi connectivity index (χ1n) is 5.06. The summed E-state index contributed by atoms with van der Waals surface area (Å²) in [5, 5.41) is 0. The molecule has 0 aromatic carbocycles. The molecule has 0 radical (unpaired) electrons. The van der Waals surface area contributed by atoms with Crippen LogP contribution in [0.5, 0.6) is 0 Å². The highest BCUT2D eigenvalue weighted by molar-refractivity contribution is 5.64. The molecule has 5 nitrogen and oxygen atoms in total. The Morgan fingerprint density at radius 3 is 1.93 bits per heavy atom. The Bertz CT molecular complexity index is 165. The van der Waals surface area contributed by atoms with E-state index in [1.54, 1.807) is 0 Å². The first-order chi connectivity index (χ1) is 6.69. The summed E-state index contributed by atoms with van der Waals surface area (Å²) in [6.07, 6.45) is -0.701. The normalized spacial score (nSPS) is 10.6. The summed E-state index contributed by atoms with van der Waals surface area (Å²) in [4.78, 5) is 12.2. The number of quaternary nitrogens is 1. The van der Waals surface area contributed by atoms with Crippen LogP contribution in [0.1, 0.15) is 6.92 Å². The molecule has 0 aliphatic carbocycles. The van der Waals surface area contributed by atoms with Crippen molar-refractivity contribution in [2.75, 3.05) is 54.9 Å². The van der Waals surface area contributed by atoms with Gasteiger partial charge in [-0.25, -0.2) is 4.79 Å². The van der Waals surface area contributed by atoms with Gasteiger partial charge in [-0.3, -0.25) is 0 Å². The van der Waals surface area contributed by atoms with Crippen LogP contribution in [0.15, 0.2) is 0 Å². The molecule has 2 N–H and O–H groups in total. The zero-order valence-corrected chi connectivity index (χ0v) is 10.9. The Morgan fingerprint density at radius 2 is 1.73 bits per heavy atom. The number of likely N-dealkylation sites (N-methyl/N-ethyl adjacent to an activating group) is 1. The molecule has 1 amide bonds. The van der Waals surface area contributed by atoms with Crippen LogP contribution in [0.25, 0.3) is 0 Å². The number of rotatable bonds is 4. The topological polar surface area (TPSA) is 55.6 Å². The van der Waals surface area contributed by atoms with Gasteiger partial charge in [-0.05, 0) is 20.6 Å². The van der Waals surface area contributed by atoms with E-state index < -0.39 is 6.09 Å². The fourth-order valence-corrected chi connectivity index (χ4v) is 0.420. The van der Waals surface area contributed by atoms with Gasteiger partial charge in [-0.15, -0.1) is 0 Å². The summed E-state index contributed by atoms with van der Waals surface area (Å²) in [6, 6.07) is 0. The van der Waals surface area contributed by atoms with Crippen LogP contribution in [0, 0.1) is 0 Å². The summed E-state index contributed by atoms with van der Waals surface area (Å²) in [7, 11) is 10.2. The van der Waals surface area contributed by atoms with Crippen molar-refractivity contribution in [3.05, 3.63) is 0 Å². The Morgan fingerprint density at radius 1 is 1.33 bits per heavy atom. The highest BCUT2D eigenvalue weighted by Crippen LogP contribution is 1.88. The molecule has 0 fully saturated rings. The summed E-state index contributed by atoms with van der Waals surface area (Å²) >= 11 is 0. The van der Waals surface area contributed by atoms with Crippen LogP contribution in [-0.2, 0) is 4.74 Å². The van der Waals surface area contributed by atoms with E-state index in [-0.39, 0.29) is 0 Å². The van der Waals surface area contributed by atoms with Crippen LogP contribution < -0.4 is 5.73 Å². The van der Waals surface area contributed by atoms with Gasteiger partial charge in [0.2, 0.25) is 0 Å². The Balaban J connectivity index is 0. The number of hydrogen-bond donors (Lipinski definition) is 1. The highest BCUT2D eigenvalue weighted by Gasteiger charge is 2.06. The van der Waals surface area contributed by atoms with Gasteiger partial charge in [0.25, 0.3) is 0 Å². The minimum Gasteiger partial charge on any atom is -0.444 e. The molecule has 0 aliphatic heterocycles. The van der Waals surface area contributed by atoms with Crippen molar-refractivity contribution in [1.82, 2.24) is 4.90 Å². The average molecular weight is 220 g/mol. The fourth-order valence-electron chi connectivity index (χ4n) is 0.420. The molecule has 5 heteroatoms. The molecule has 0 unspecified atom stereocenters. The molecule has 0 saturated heterocycles. The third kappa shape index (κ3) is 24.6. The number of nitrogens with two attached hydrogens (primary N) is 1. The van der Waals surface area contributed by atoms with E-state index in [1.807, 2.05) is 21.1 Å². The van der Waals surface area contributed by atoms with E-state index in [1.165, 1.54) is 0 Å². The maximum Gasteiger partial charge on any atom is 0.404 e. The first kappa shape index (κ1) is 16.6. The monoisotopic (exact) mass is 220 g/mol. The van der Waals surface area contributed by atoms with Crippen molar-refractivity contribution >= 4 is 6.09 Å². The summed E-state index contributed by atoms with van der Waals surface area (Å²) in [6.45, 7) is 4.43. The van der Waals surface area contributed by atoms with Gasteiger partial charge in [0, 0.05) is 0 Å². The minimum atomic E-state index is -0.701. The number of primary amides is 1. The van der Waals surface area contributed by atoms with Crippen molar-refractivity contribution in [2.45, 2.75) is 6.92 Å². The number of nitrogens with zero attached hydrogens (tertiary/aromatic N) is 2. The molecule has 0 bridgehead atoms. The lowest BCUT2D eigenvalue weighted by Crippen LogP contribution is -2.38. The SMILES string of the molecule is CCN(C)C.C[N+](C)(C)CCOC(N)=O. The van der Waals surface area contributed by atoms with Gasteiger partial charge in [0.05, 0.1) is 21.1 Å². The van der Waals surface area contributed by atoms with Gasteiger partial charge >= 0.3 is 6.09 Å². The quantitative estimate of drug-likeness (QED) is 0.696. The van der Waals surface area contributed by atoms with E-state index in [0.717, 1.165) is 17.6 Å². The van der Waals surface area contributed by atoms with Crippen LogP contribution in [-0.4, -0.2) is 70.4 Å². The standard InChI is InChI=1S/C6H14N2O2.C4H11N/c1-8(2,3)4-5-10-6(7)9;1-4-5(2)3/h4-5H2,1-3H3,(H-,7,9);4H2,1-3H3/p+1. The lowest BCUT2D eigenvalue weighted by Gasteiger charge is -2.22. The van der Waals surface area contributed by atoms with Crippen LogP contribution in [0.4, 0.5) is 4.79 Å².